The molecule has 9 nitrogen and oxygen atoms in total. The minimum Gasteiger partial charge on any atom is -0.545 e. The molecule has 0 radical (unpaired) electrons. The Balaban J connectivity index is 4.30. The highest BCUT2D eigenvalue weighted by atomic mass is 16.7. The number of unbranched alkanes of at least 4 members (excludes halogenated alkanes) is 9. The molecule has 0 aliphatic carbocycles. The summed E-state index contributed by atoms with van der Waals surface area (Å²) >= 11 is 0. The van der Waals surface area contributed by atoms with Crippen molar-refractivity contribution in [2.45, 2.75) is 245 Å². The Morgan fingerprint density at radius 3 is 0.818 bits per heavy atom. The number of rotatable bonds is 66. The third kappa shape index (κ3) is 78.0. The summed E-state index contributed by atoms with van der Waals surface area (Å²) in [6.07, 6.45) is 122. The number of aliphatic carboxylic acids is 1. The van der Waals surface area contributed by atoms with E-state index in [0.29, 0.717) is 23.9 Å². The summed E-state index contributed by atoms with van der Waals surface area (Å²) in [6, 6.07) is 0. The number of carbonyl (C=O) groups excluding carboxylic acids is 3. The maximum Gasteiger partial charge on any atom is 0.306 e. The van der Waals surface area contributed by atoms with Gasteiger partial charge in [0.1, 0.15) is 13.2 Å². The summed E-state index contributed by atoms with van der Waals surface area (Å²) < 4.78 is 22.7. The van der Waals surface area contributed by atoms with Crippen molar-refractivity contribution in [3.05, 3.63) is 255 Å². The molecular weight excluding hydrogens is 1220 g/mol. The van der Waals surface area contributed by atoms with Gasteiger partial charge in [0.2, 0.25) is 0 Å². The number of hydrogen-bond acceptors (Lipinski definition) is 8. The number of allylic oxidation sites excluding steroid dienone is 42. The van der Waals surface area contributed by atoms with Crippen LogP contribution < -0.4 is 5.11 Å². The molecule has 0 amide bonds. The van der Waals surface area contributed by atoms with Crippen LogP contribution in [0.15, 0.2) is 255 Å². The van der Waals surface area contributed by atoms with Gasteiger partial charge in [-0.25, -0.2) is 0 Å². The molecular formula is C90H135NO8. The summed E-state index contributed by atoms with van der Waals surface area (Å²) in [5.41, 5.74) is 0. The van der Waals surface area contributed by atoms with Crippen molar-refractivity contribution in [2.75, 3.05) is 47.5 Å². The van der Waals surface area contributed by atoms with E-state index >= 15 is 0 Å². The van der Waals surface area contributed by atoms with Gasteiger partial charge in [0.05, 0.1) is 40.3 Å². The van der Waals surface area contributed by atoms with E-state index in [2.05, 4.69) is 269 Å². The van der Waals surface area contributed by atoms with Crippen molar-refractivity contribution in [1.82, 2.24) is 0 Å². The zero-order valence-electron chi connectivity index (χ0n) is 62.5. The average Bonchev–Trinajstić information content (AvgIpc) is 2.19. The maximum absolute atomic E-state index is 12.9. The van der Waals surface area contributed by atoms with Crippen LogP contribution in [0.3, 0.4) is 0 Å². The Morgan fingerprint density at radius 2 is 0.545 bits per heavy atom. The number of ether oxygens (including phenoxy) is 4. The number of likely N-dealkylation sites (N-methyl/N-ethyl adjacent to an activating group) is 1. The third-order valence-corrected chi connectivity index (χ3v) is 14.8. The zero-order valence-corrected chi connectivity index (χ0v) is 62.5. The molecule has 0 aromatic carbocycles. The highest BCUT2D eigenvalue weighted by molar-refractivity contribution is 5.70. The molecule has 0 bridgehead atoms. The van der Waals surface area contributed by atoms with Crippen molar-refractivity contribution in [2.24, 2.45) is 0 Å². The summed E-state index contributed by atoms with van der Waals surface area (Å²) in [6.45, 7) is 4.42. The first-order chi connectivity index (χ1) is 48.6. The molecule has 2 unspecified atom stereocenters. The molecule has 0 aromatic heterocycles. The van der Waals surface area contributed by atoms with Gasteiger partial charge in [0, 0.05) is 12.8 Å². The molecule has 0 aliphatic rings. The first-order valence-electron chi connectivity index (χ1n) is 37.8. The lowest BCUT2D eigenvalue weighted by Crippen LogP contribution is -2.44. The minimum atomic E-state index is -1.65. The standard InChI is InChI=1S/C90H135NO8/c1-6-8-10-12-14-16-18-20-22-24-26-28-30-32-34-36-38-40-42-44-46-48-50-52-54-56-58-60-62-64-66-68-70-72-74-76-78-80-87(92)97-84-86(85-98-90(89(94)95)96-83-82-91(3,4)5)99-88(93)81-79-77-75-73-71-69-67-65-63-61-59-57-55-53-51-49-47-45-43-41-39-37-35-33-31-29-27-25-23-21-19-17-15-13-11-9-7-2/h8-11,14-17,20-23,26-29,32-35,38-41,44-47,50-53,56-59,62-65,69,71,86,90H,6-7,12-13,18-19,24-25,30-31,36-37,42-43,48-49,54-55,60-61,66-68,70,72-85H2,1-5H3/b10-8-,11-9-,16-14-,17-15-,22-20-,23-21-,28-26-,29-27-,34-32-,35-33-,40-38-,41-39-,46-44-,47-45-,52-50-,53-51-,58-56-,59-57-,64-62-,65-63-,71-69-. The molecule has 0 spiro atoms. The first-order valence-corrected chi connectivity index (χ1v) is 37.8. The number of carboxylic acids is 1. The van der Waals surface area contributed by atoms with Gasteiger partial charge in [-0.15, -0.1) is 0 Å². The molecule has 0 rings (SSSR count). The van der Waals surface area contributed by atoms with E-state index in [9.17, 15) is 19.5 Å². The second-order valence-electron chi connectivity index (χ2n) is 25.1. The SMILES string of the molecule is CC/C=C\C/C=C\C/C=C\C/C=C\C/C=C\C/C=C\C/C=C\C/C=C\C/C=C\C/C=C\C/C=C\CCCCCC(=O)OC(COC(=O)CCCCCCCC/C=C\C/C=C\C/C=C\C/C=C\C/C=C\C/C=C\C/C=C\C/C=C\C/C=C\C/C=C\CC)COC(OCC[N+](C)(C)C)C(=O)[O-]. The topological polar surface area (TPSA) is 111 Å². The van der Waals surface area contributed by atoms with Gasteiger partial charge in [0.15, 0.2) is 12.4 Å². The lowest BCUT2D eigenvalue weighted by molar-refractivity contribution is -0.870. The number of hydrogen-bond donors (Lipinski definition) is 0. The summed E-state index contributed by atoms with van der Waals surface area (Å²) in [7, 11) is 5.89. The predicted molar refractivity (Wildman–Crippen MR) is 425 cm³/mol. The van der Waals surface area contributed by atoms with E-state index in [-0.39, 0.29) is 32.7 Å². The molecule has 2 atom stereocenters. The van der Waals surface area contributed by atoms with Gasteiger partial charge in [0.25, 0.3) is 0 Å². The lowest BCUT2D eigenvalue weighted by atomic mass is 10.1. The molecule has 0 heterocycles. The van der Waals surface area contributed by atoms with Crippen molar-refractivity contribution in [1.29, 1.82) is 0 Å². The Morgan fingerprint density at radius 1 is 0.303 bits per heavy atom. The Hall–Kier alpha value is -7.17. The lowest BCUT2D eigenvalue weighted by Gasteiger charge is -2.26. The van der Waals surface area contributed by atoms with Crippen LogP contribution in [0.4, 0.5) is 0 Å². The molecule has 99 heavy (non-hydrogen) atoms. The van der Waals surface area contributed by atoms with Gasteiger partial charge in [-0.3, -0.25) is 9.59 Å². The molecule has 0 fully saturated rings. The Bertz CT molecular complexity index is 2590. The fraction of sp³-hybridized carbons (Fsp3) is 0.500. The number of esters is 2. The molecule has 0 saturated carbocycles. The molecule has 9 heteroatoms. The first kappa shape index (κ1) is 91.8. The summed E-state index contributed by atoms with van der Waals surface area (Å²) in [5.74, 6) is -2.38. The average molecular weight is 1360 g/mol. The van der Waals surface area contributed by atoms with Gasteiger partial charge in [-0.2, -0.15) is 0 Å². The summed E-state index contributed by atoms with van der Waals surface area (Å²) in [4.78, 5) is 37.6. The zero-order chi connectivity index (χ0) is 71.8. The van der Waals surface area contributed by atoms with Crippen LogP contribution in [0.1, 0.15) is 232 Å². The van der Waals surface area contributed by atoms with E-state index < -0.39 is 30.3 Å². The van der Waals surface area contributed by atoms with Crippen molar-refractivity contribution in [3.63, 3.8) is 0 Å². The van der Waals surface area contributed by atoms with Crippen LogP contribution in [0, 0.1) is 0 Å². The second kappa shape index (κ2) is 76.6. The Labute approximate surface area is 604 Å². The maximum atomic E-state index is 12.9. The molecule has 548 valence electrons. The highest BCUT2D eigenvalue weighted by Gasteiger charge is 2.22. The molecule has 0 saturated heterocycles. The van der Waals surface area contributed by atoms with E-state index in [4.69, 9.17) is 18.9 Å². The van der Waals surface area contributed by atoms with Gasteiger partial charge in [-0.1, -0.05) is 301 Å². The van der Waals surface area contributed by atoms with Crippen molar-refractivity contribution < 1.29 is 42.9 Å². The highest BCUT2D eigenvalue weighted by Crippen LogP contribution is 2.13. The van der Waals surface area contributed by atoms with Gasteiger partial charge in [-0.05, 0) is 173 Å². The smallest absolute Gasteiger partial charge is 0.306 e. The van der Waals surface area contributed by atoms with E-state index in [0.717, 1.165) is 193 Å². The normalized spacial score (nSPS) is 14.2. The van der Waals surface area contributed by atoms with Crippen molar-refractivity contribution >= 4 is 17.9 Å². The molecule has 0 aliphatic heterocycles. The molecule has 0 N–H and O–H groups in total. The van der Waals surface area contributed by atoms with Crippen LogP contribution >= 0.6 is 0 Å². The van der Waals surface area contributed by atoms with E-state index in [1.807, 2.05) is 21.1 Å². The van der Waals surface area contributed by atoms with Crippen LogP contribution in [0.2, 0.25) is 0 Å². The predicted octanol–water partition coefficient (Wildman–Crippen LogP) is 23.2. The third-order valence-electron chi connectivity index (χ3n) is 14.8. The van der Waals surface area contributed by atoms with E-state index in [1.54, 1.807) is 0 Å². The largest absolute Gasteiger partial charge is 0.545 e. The number of carbonyl (C=O) groups is 3. The van der Waals surface area contributed by atoms with E-state index in [1.165, 1.54) is 0 Å². The van der Waals surface area contributed by atoms with Crippen LogP contribution in [0.5, 0.6) is 0 Å². The van der Waals surface area contributed by atoms with Crippen LogP contribution in [-0.4, -0.2) is 82.3 Å². The quantitative estimate of drug-likeness (QED) is 0.0195. The van der Waals surface area contributed by atoms with Crippen LogP contribution in [0.25, 0.3) is 0 Å². The monoisotopic (exact) mass is 1360 g/mol. The number of quaternary nitrogens is 1. The minimum absolute atomic E-state index is 0.123. The fourth-order valence-electron chi connectivity index (χ4n) is 9.10. The molecule has 0 aromatic rings. The van der Waals surface area contributed by atoms with Gasteiger partial charge >= 0.3 is 11.9 Å². The van der Waals surface area contributed by atoms with Crippen LogP contribution in [-0.2, 0) is 33.3 Å². The van der Waals surface area contributed by atoms with Crippen molar-refractivity contribution in [3.8, 4) is 0 Å². The number of carboxylic acid groups (broad SMARTS) is 1. The Kier molecular flexibility index (Phi) is 71.0. The second-order valence-corrected chi connectivity index (χ2v) is 25.1. The fourth-order valence-corrected chi connectivity index (χ4v) is 9.10. The van der Waals surface area contributed by atoms with Gasteiger partial charge < -0.3 is 33.3 Å². The number of nitrogens with zero attached hydrogens (tertiary/aromatic N) is 1. The summed E-state index contributed by atoms with van der Waals surface area (Å²) in [5, 5.41) is 11.8.